The van der Waals surface area contributed by atoms with Crippen molar-refractivity contribution in [1.82, 2.24) is 4.90 Å². The molecule has 2 N–H and O–H groups in total. The van der Waals surface area contributed by atoms with Crippen LogP contribution in [0.4, 0.5) is 0 Å². The minimum absolute atomic E-state index is 0.173. The summed E-state index contributed by atoms with van der Waals surface area (Å²) in [6.45, 7) is 2.66. The molecule has 14 heavy (non-hydrogen) atoms. The summed E-state index contributed by atoms with van der Waals surface area (Å²) in [4.78, 5) is 14.0. The van der Waals surface area contributed by atoms with E-state index in [0.29, 0.717) is 23.9 Å². The molecule has 0 bridgehead atoms. The van der Waals surface area contributed by atoms with Gasteiger partial charge in [-0.15, -0.1) is 0 Å². The molecule has 1 aliphatic rings. The molecule has 0 aromatic carbocycles. The van der Waals surface area contributed by atoms with Crippen LogP contribution in [0.25, 0.3) is 0 Å². The van der Waals surface area contributed by atoms with E-state index in [1.807, 2.05) is 14.0 Å². The first kappa shape index (κ1) is 11.4. The summed E-state index contributed by atoms with van der Waals surface area (Å²) in [5.74, 6) is 1.02. The molecule has 0 heterocycles. The van der Waals surface area contributed by atoms with Crippen LogP contribution in [0.15, 0.2) is 0 Å². The van der Waals surface area contributed by atoms with Gasteiger partial charge < -0.3 is 10.6 Å². The molecule has 1 unspecified atom stereocenters. The number of amides is 1. The summed E-state index contributed by atoms with van der Waals surface area (Å²) in [6.07, 6.45) is 3.03. The average Bonchev–Trinajstić information content (AvgIpc) is 2.94. The molecule has 0 spiro atoms. The third kappa shape index (κ3) is 3.25. The van der Waals surface area contributed by atoms with Crippen LogP contribution >= 0.6 is 12.2 Å². The van der Waals surface area contributed by atoms with Crippen molar-refractivity contribution in [2.75, 3.05) is 13.6 Å². The third-order valence-electron chi connectivity index (χ3n) is 2.79. The molecular weight excluding hydrogens is 196 g/mol. The number of thiocarbonyl (C=S) groups is 1. The van der Waals surface area contributed by atoms with E-state index in [0.717, 1.165) is 0 Å². The Morgan fingerprint density at radius 3 is 2.64 bits per heavy atom. The highest BCUT2D eigenvalue weighted by Gasteiger charge is 2.33. The van der Waals surface area contributed by atoms with Crippen molar-refractivity contribution in [1.29, 1.82) is 0 Å². The Morgan fingerprint density at radius 2 is 2.21 bits per heavy atom. The van der Waals surface area contributed by atoms with E-state index in [1.165, 1.54) is 12.8 Å². The van der Waals surface area contributed by atoms with Crippen LogP contribution in [0, 0.1) is 11.8 Å². The van der Waals surface area contributed by atoms with Gasteiger partial charge in [-0.05, 0) is 18.8 Å². The zero-order valence-electron chi connectivity index (χ0n) is 8.82. The first-order chi connectivity index (χ1) is 6.52. The van der Waals surface area contributed by atoms with Crippen molar-refractivity contribution >= 4 is 23.1 Å². The molecule has 0 aromatic rings. The van der Waals surface area contributed by atoms with Crippen LogP contribution in [0.3, 0.4) is 0 Å². The molecule has 0 aliphatic heterocycles. The van der Waals surface area contributed by atoms with Gasteiger partial charge in [-0.2, -0.15) is 0 Å². The Kier molecular flexibility index (Phi) is 3.86. The number of hydrogen-bond donors (Lipinski definition) is 1. The van der Waals surface area contributed by atoms with E-state index < -0.39 is 0 Å². The Labute approximate surface area is 90.6 Å². The van der Waals surface area contributed by atoms with Crippen molar-refractivity contribution in [3.63, 3.8) is 0 Å². The number of hydrogen-bond acceptors (Lipinski definition) is 2. The van der Waals surface area contributed by atoms with Gasteiger partial charge in [0.25, 0.3) is 0 Å². The van der Waals surface area contributed by atoms with Crippen LogP contribution in [0.1, 0.15) is 26.2 Å². The molecular formula is C10H18N2OS. The van der Waals surface area contributed by atoms with Crippen molar-refractivity contribution in [3.8, 4) is 0 Å². The molecule has 80 valence electrons. The highest BCUT2D eigenvalue weighted by Crippen LogP contribution is 2.37. The Morgan fingerprint density at radius 1 is 1.64 bits per heavy atom. The van der Waals surface area contributed by atoms with E-state index >= 15 is 0 Å². The second-order valence-corrected chi connectivity index (χ2v) is 4.63. The molecule has 1 rings (SSSR count). The molecule has 0 saturated heterocycles. The van der Waals surface area contributed by atoms with Gasteiger partial charge in [-0.1, -0.05) is 19.1 Å². The standard InChI is InChI=1S/C10H18N2OS/c1-7(8-3-4-8)10(13)12(2)6-5-9(11)14/h7-8H,3-6H2,1-2H3,(H2,11,14). The Balaban J connectivity index is 2.31. The molecule has 4 heteroatoms. The molecule has 0 aromatic heterocycles. The van der Waals surface area contributed by atoms with E-state index in [4.69, 9.17) is 18.0 Å². The lowest BCUT2D eigenvalue weighted by Crippen LogP contribution is -2.34. The van der Waals surface area contributed by atoms with E-state index in [1.54, 1.807) is 4.90 Å². The molecule has 0 radical (unpaired) electrons. The lowest BCUT2D eigenvalue weighted by molar-refractivity contribution is -0.134. The van der Waals surface area contributed by atoms with Gasteiger partial charge in [0.2, 0.25) is 5.91 Å². The lowest BCUT2D eigenvalue weighted by atomic mass is 10.1. The summed E-state index contributed by atoms with van der Waals surface area (Å²) in [5.41, 5.74) is 5.38. The number of rotatable bonds is 5. The topological polar surface area (TPSA) is 46.3 Å². The molecule has 1 saturated carbocycles. The number of nitrogens with zero attached hydrogens (tertiary/aromatic N) is 1. The maximum absolute atomic E-state index is 11.8. The highest BCUT2D eigenvalue weighted by molar-refractivity contribution is 7.80. The predicted molar refractivity (Wildman–Crippen MR) is 60.9 cm³/mol. The normalized spacial score (nSPS) is 17.6. The number of nitrogens with two attached hydrogens (primary N) is 1. The lowest BCUT2D eigenvalue weighted by Gasteiger charge is -2.20. The van der Waals surface area contributed by atoms with Crippen molar-refractivity contribution in [3.05, 3.63) is 0 Å². The average molecular weight is 214 g/mol. The predicted octanol–water partition coefficient (Wildman–Crippen LogP) is 1.17. The fraction of sp³-hybridized carbons (Fsp3) is 0.800. The largest absolute Gasteiger partial charge is 0.393 e. The summed E-state index contributed by atoms with van der Waals surface area (Å²) in [6, 6.07) is 0. The highest BCUT2D eigenvalue weighted by atomic mass is 32.1. The minimum Gasteiger partial charge on any atom is -0.393 e. The SMILES string of the molecule is CC(C(=O)N(C)CCC(N)=S)C1CC1. The first-order valence-electron chi connectivity index (χ1n) is 5.05. The van der Waals surface area contributed by atoms with Gasteiger partial charge in [0, 0.05) is 25.9 Å². The maximum atomic E-state index is 11.8. The number of carbonyl (C=O) groups is 1. The van der Waals surface area contributed by atoms with Crippen LogP contribution in [0.5, 0.6) is 0 Å². The fourth-order valence-corrected chi connectivity index (χ4v) is 1.62. The first-order valence-corrected chi connectivity index (χ1v) is 5.46. The molecule has 1 fully saturated rings. The minimum atomic E-state index is 0.173. The molecule has 1 atom stereocenters. The van der Waals surface area contributed by atoms with Crippen LogP contribution in [0.2, 0.25) is 0 Å². The quantitative estimate of drug-likeness (QED) is 0.699. The maximum Gasteiger partial charge on any atom is 0.225 e. The van der Waals surface area contributed by atoms with Gasteiger partial charge in [-0.3, -0.25) is 4.79 Å². The van der Waals surface area contributed by atoms with Crippen molar-refractivity contribution in [2.24, 2.45) is 17.6 Å². The van der Waals surface area contributed by atoms with Crippen LogP contribution in [-0.2, 0) is 4.79 Å². The van der Waals surface area contributed by atoms with Gasteiger partial charge >= 0.3 is 0 Å². The zero-order valence-corrected chi connectivity index (χ0v) is 9.64. The Hall–Kier alpha value is -0.640. The van der Waals surface area contributed by atoms with E-state index in [2.05, 4.69) is 0 Å². The second kappa shape index (κ2) is 4.73. The van der Waals surface area contributed by atoms with Gasteiger partial charge in [-0.25, -0.2) is 0 Å². The molecule has 1 aliphatic carbocycles. The zero-order chi connectivity index (χ0) is 10.7. The fourth-order valence-electron chi connectivity index (χ4n) is 1.53. The van der Waals surface area contributed by atoms with Crippen molar-refractivity contribution < 1.29 is 4.79 Å². The summed E-state index contributed by atoms with van der Waals surface area (Å²) < 4.78 is 0. The van der Waals surface area contributed by atoms with Crippen molar-refractivity contribution in [2.45, 2.75) is 26.2 Å². The monoisotopic (exact) mass is 214 g/mol. The Bertz CT molecular complexity index is 238. The smallest absolute Gasteiger partial charge is 0.225 e. The summed E-state index contributed by atoms with van der Waals surface area (Å²) in [7, 11) is 1.82. The van der Waals surface area contributed by atoms with E-state index in [-0.39, 0.29) is 11.8 Å². The van der Waals surface area contributed by atoms with Crippen LogP contribution < -0.4 is 5.73 Å². The van der Waals surface area contributed by atoms with E-state index in [9.17, 15) is 4.79 Å². The summed E-state index contributed by atoms with van der Waals surface area (Å²) in [5, 5.41) is 0. The van der Waals surface area contributed by atoms with Gasteiger partial charge in [0.05, 0.1) is 4.99 Å². The molecule has 1 amide bonds. The molecule has 3 nitrogen and oxygen atoms in total. The summed E-state index contributed by atoms with van der Waals surface area (Å²) >= 11 is 4.77. The number of carbonyl (C=O) groups excluding carboxylic acids is 1. The van der Waals surface area contributed by atoms with Gasteiger partial charge in [0.1, 0.15) is 0 Å². The van der Waals surface area contributed by atoms with Crippen LogP contribution in [-0.4, -0.2) is 29.4 Å². The second-order valence-electron chi connectivity index (χ2n) is 4.10. The third-order valence-corrected chi connectivity index (χ3v) is 2.99. The van der Waals surface area contributed by atoms with Gasteiger partial charge in [0.15, 0.2) is 0 Å².